The summed E-state index contributed by atoms with van der Waals surface area (Å²) in [5, 5.41) is 47.7. The lowest BCUT2D eigenvalue weighted by atomic mass is 10.2. The predicted molar refractivity (Wildman–Crippen MR) is 71.9 cm³/mol. The molecule has 0 spiro atoms. The minimum atomic E-state index is -3.60. The van der Waals surface area contributed by atoms with E-state index in [-0.39, 0.29) is 0 Å². The second kappa shape index (κ2) is 8.52. The van der Waals surface area contributed by atoms with Crippen LogP contribution in [0.3, 0.4) is 0 Å². The van der Waals surface area contributed by atoms with Gasteiger partial charge in [0.05, 0.1) is 16.6 Å². The summed E-state index contributed by atoms with van der Waals surface area (Å²) in [5.74, 6) is -8.65. The molecule has 0 amide bonds. The van der Waals surface area contributed by atoms with Crippen LogP contribution in [-0.4, -0.2) is 43.8 Å². The van der Waals surface area contributed by atoms with Crippen LogP contribution in [-0.2, 0) is 9.53 Å². The third-order valence-corrected chi connectivity index (χ3v) is 2.67. The molecule has 0 aromatic carbocycles. The zero-order chi connectivity index (χ0) is 20.5. The molecule has 0 saturated heterocycles. The van der Waals surface area contributed by atoms with Gasteiger partial charge in [-0.1, -0.05) is 0 Å². The Bertz CT molecular complexity index is 636. The number of ether oxygens (including phenoxy) is 1. The highest BCUT2D eigenvalue weighted by molar-refractivity contribution is 5.69. The fourth-order valence-corrected chi connectivity index (χ4v) is 1.31. The second-order valence-corrected chi connectivity index (χ2v) is 4.12. The van der Waals surface area contributed by atoms with E-state index in [4.69, 9.17) is 11.1 Å². The standard InChI is InChI=1S/C6H6N10O10/c7-11-9-5(13(18)19,14(20)21)2-1-4(17)26-3-6(10-12-8,15(22)23)16(24)25/h1-3H2. The maximum absolute atomic E-state index is 11.5. The summed E-state index contributed by atoms with van der Waals surface area (Å²) >= 11 is 0. The number of azide groups is 2. The molecule has 0 unspecified atom stereocenters. The van der Waals surface area contributed by atoms with Gasteiger partial charge in [0.1, 0.15) is 26.1 Å². The van der Waals surface area contributed by atoms with E-state index in [1.807, 2.05) is 9.82 Å². The van der Waals surface area contributed by atoms with Crippen LogP contribution in [0.1, 0.15) is 12.8 Å². The van der Waals surface area contributed by atoms with Gasteiger partial charge in [-0.2, -0.15) is 0 Å². The Balaban J connectivity index is 5.31. The maximum Gasteiger partial charge on any atom is 0.579 e. The molecule has 0 aliphatic rings. The first-order valence-electron chi connectivity index (χ1n) is 5.86. The Morgan fingerprint density at radius 1 is 0.885 bits per heavy atom. The number of hydrogen-bond acceptors (Lipinski definition) is 12. The molecule has 0 aromatic rings. The molecular weight excluding hydrogens is 372 g/mol. The van der Waals surface area contributed by atoms with E-state index in [1.165, 1.54) is 0 Å². The smallest absolute Gasteiger partial charge is 0.450 e. The third-order valence-electron chi connectivity index (χ3n) is 2.67. The first-order chi connectivity index (χ1) is 12.0. The van der Waals surface area contributed by atoms with Crippen molar-refractivity contribution in [2.75, 3.05) is 6.61 Å². The molecule has 140 valence electrons. The van der Waals surface area contributed by atoms with Crippen LogP contribution in [0.5, 0.6) is 0 Å². The molecule has 0 saturated carbocycles. The number of nitrogens with zero attached hydrogens (tertiary/aromatic N) is 10. The van der Waals surface area contributed by atoms with Crippen molar-refractivity contribution in [2.24, 2.45) is 10.2 Å². The van der Waals surface area contributed by atoms with Gasteiger partial charge in [-0.15, -0.1) is 0 Å². The number of hydrogen-bond donors (Lipinski definition) is 0. The summed E-state index contributed by atoms with van der Waals surface area (Å²) in [7, 11) is 0. The summed E-state index contributed by atoms with van der Waals surface area (Å²) in [5.41, 5.74) is 16.4. The number of rotatable bonds is 11. The summed E-state index contributed by atoms with van der Waals surface area (Å²) < 4.78 is 4.15. The van der Waals surface area contributed by atoms with Crippen molar-refractivity contribution in [2.45, 2.75) is 24.4 Å². The molecule has 0 radical (unpaired) electrons. The predicted octanol–water partition coefficient (Wildman–Crippen LogP) is 0.345. The molecule has 0 aliphatic carbocycles. The largest absolute Gasteiger partial charge is 0.579 e. The van der Waals surface area contributed by atoms with Crippen LogP contribution in [0, 0.1) is 40.5 Å². The Labute approximate surface area is 139 Å². The van der Waals surface area contributed by atoms with E-state index in [1.54, 1.807) is 0 Å². The minimum Gasteiger partial charge on any atom is -0.450 e. The molecule has 0 aliphatic heterocycles. The van der Waals surface area contributed by atoms with E-state index in [9.17, 15) is 45.3 Å². The van der Waals surface area contributed by atoms with Crippen molar-refractivity contribution in [1.82, 2.24) is 0 Å². The SMILES string of the molecule is [N-]=[N+]=NC(CCC(=O)OCC(N=[N+]=[N-])([N+](=O)[O-])[N+](=O)[O-])([N+](=O)[O-])[N+](=O)[O-]. The summed E-state index contributed by atoms with van der Waals surface area (Å²) in [6, 6.07) is 0. The normalized spacial score (nSPS) is 10.6. The Kier molecular flexibility index (Phi) is 7.10. The summed E-state index contributed by atoms with van der Waals surface area (Å²) in [6.45, 7) is -1.69. The van der Waals surface area contributed by atoms with Gasteiger partial charge in [-0.25, -0.2) is 0 Å². The highest BCUT2D eigenvalue weighted by atomic mass is 16.7. The third kappa shape index (κ3) is 4.37. The van der Waals surface area contributed by atoms with Crippen LogP contribution in [0.25, 0.3) is 20.9 Å². The number of esters is 1. The van der Waals surface area contributed by atoms with Crippen LogP contribution >= 0.6 is 0 Å². The second-order valence-electron chi connectivity index (χ2n) is 4.12. The van der Waals surface area contributed by atoms with Crippen LogP contribution in [0.4, 0.5) is 0 Å². The first kappa shape index (κ1) is 21.7. The van der Waals surface area contributed by atoms with Gasteiger partial charge >= 0.3 is 17.5 Å². The van der Waals surface area contributed by atoms with Crippen molar-refractivity contribution in [3.8, 4) is 0 Å². The van der Waals surface area contributed by atoms with E-state index >= 15 is 0 Å². The number of nitro groups is 4. The molecule has 20 heteroatoms. The van der Waals surface area contributed by atoms with Crippen LogP contribution < -0.4 is 0 Å². The zero-order valence-corrected chi connectivity index (χ0v) is 12.2. The number of carbonyl (C=O) groups excluding carboxylic acids is 1. The molecule has 0 N–H and O–H groups in total. The molecule has 20 nitrogen and oxygen atoms in total. The molecule has 26 heavy (non-hydrogen) atoms. The molecule has 0 bridgehead atoms. The highest BCUT2D eigenvalue weighted by Gasteiger charge is 2.59. The quantitative estimate of drug-likeness (QED) is 0.0901. The van der Waals surface area contributed by atoms with E-state index < -0.39 is 56.7 Å². The Hall–Kier alpha value is -4.31. The van der Waals surface area contributed by atoms with Crippen molar-refractivity contribution in [3.05, 3.63) is 61.3 Å². The molecule has 0 aromatic heterocycles. The number of carbonyl (C=O) groups is 1. The van der Waals surface area contributed by atoms with Gasteiger partial charge in [0.25, 0.3) is 0 Å². The summed E-state index contributed by atoms with van der Waals surface area (Å²) in [4.78, 5) is 51.8. The topological polar surface area (TPSA) is 296 Å². The molecular formula is C6H6N10O10. The van der Waals surface area contributed by atoms with Gasteiger partial charge in [0.15, 0.2) is 0 Å². The van der Waals surface area contributed by atoms with Gasteiger partial charge < -0.3 is 4.74 Å². The van der Waals surface area contributed by atoms with Gasteiger partial charge in [-0.05, 0) is 11.1 Å². The Morgan fingerprint density at radius 2 is 1.27 bits per heavy atom. The molecule has 0 rings (SSSR count). The average Bonchev–Trinajstić information content (AvgIpc) is 2.53. The van der Waals surface area contributed by atoms with Gasteiger partial charge in [0, 0.05) is 9.82 Å². The van der Waals surface area contributed by atoms with Crippen molar-refractivity contribution >= 4 is 5.97 Å². The highest BCUT2D eigenvalue weighted by Crippen LogP contribution is 2.22. The fourth-order valence-electron chi connectivity index (χ4n) is 1.31. The van der Waals surface area contributed by atoms with E-state index in [2.05, 4.69) is 15.0 Å². The fraction of sp³-hybridized carbons (Fsp3) is 0.833. The van der Waals surface area contributed by atoms with E-state index in [0.717, 1.165) is 0 Å². The average molecular weight is 378 g/mol. The van der Waals surface area contributed by atoms with Crippen molar-refractivity contribution < 1.29 is 29.2 Å². The zero-order valence-electron chi connectivity index (χ0n) is 12.2. The van der Waals surface area contributed by atoms with Gasteiger partial charge in [-0.3, -0.25) is 45.3 Å². The molecule has 0 fully saturated rings. The van der Waals surface area contributed by atoms with Crippen LogP contribution in [0.2, 0.25) is 0 Å². The van der Waals surface area contributed by atoms with Gasteiger partial charge in [0.2, 0.25) is 6.61 Å². The Morgan fingerprint density at radius 3 is 1.62 bits per heavy atom. The molecule has 0 heterocycles. The van der Waals surface area contributed by atoms with E-state index in [0.29, 0.717) is 0 Å². The van der Waals surface area contributed by atoms with Crippen molar-refractivity contribution in [3.63, 3.8) is 0 Å². The summed E-state index contributed by atoms with van der Waals surface area (Å²) in [6.07, 6.45) is -2.50. The lowest BCUT2D eigenvalue weighted by Gasteiger charge is -2.13. The maximum atomic E-state index is 11.5. The lowest BCUT2D eigenvalue weighted by Crippen LogP contribution is -2.49. The molecule has 0 atom stereocenters. The first-order valence-corrected chi connectivity index (χ1v) is 5.86. The monoisotopic (exact) mass is 378 g/mol. The van der Waals surface area contributed by atoms with Crippen molar-refractivity contribution in [1.29, 1.82) is 0 Å². The van der Waals surface area contributed by atoms with Crippen LogP contribution in [0.15, 0.2) is 10.2 Å². The lowest BCUT2D eigenvalue weighted by molar-refractivity contribution is -0.797. The minimum absolute atomic E-state index is 1.18.